The second-order valence-corrected chi connectivity index (χ2v) is 3.58. The summed E-state index contributed by atoms with van der Waals surface area (Å²) in [7, 11) is 2.89. The van der Waals surface area contributed by atoms with Crippen LogP contribution >= 0.6 is 22.6 Å². The van der Waals surface area contributed by atoms with E-state index in [0.29, 0.717) is 9.32 Å². The van der Waals surface area contributed by atoms with Crippen LogP contribution in [0.25, 0.3) is 0 Å². The molecule has 0 aliphatic carbocycles. The van der Waals surface area contributed by atoms with Crippen LogP contribution < -0.4 is 9.47 Å². The van der Waals surface area contributed by atoms with Crippen molar-refractivity contribution in [3.05, 3.63) is 25.8 Å². The molecule has 0 spiro atoms. The Morgan fingerprint density at radius 2 is 1.86 bits per heavy atom. The highest BCUT2D eigenvalue weighted by Crippen LogP contribution is 2.34. The summed E-state index contributed by atoms with van der Waals surface area (Å²) in [6.45, 7) is 0. The Morgan fingerprint density at radius 3 is 2.29 bits per heavy atom. The van der Waals surface area contributed by atoms with Crippen molar-refractivity contribution in [1.82, 2.24) is 0 Å². The minimum absolute atomic E-state index is 0.0577. The monoisotopic (exact) mass is 309 g/mol. The first-order valence-electron chi connectivity index (χ1n) is 3.66. The lowest BCUT2D eigenvalue weighted by Gasteiger charge is -2.06. The molecule has 0 radical (unpaired) electrons. The number of ether oxygens (including phenoxy) is 2. The first-order valence-corrected chi connectivity index (χ1v) is 4.74. The van der Waals surface area contributed by atoms with Crippen LogP contribution in [0.2, 0.25) is 0 Å². The van der Waals surface area contributed by atoms with Crippen molar-refractivity contribution in [2.24, 2.45) is 0 Å². The first-order chi connectivity index (χ1) is 6.60. The number of nitro groups is 1. The van der Waals surface area contributed by atoms with Crippen molar-refractivity contribution in [1.29, 1.82) is 0 Å². The standard InChI is InChI=1S/C8H8INO4/c1-13-7-4-8(14-2)6(10(11)12)3-5(7)9/h3-4H,1-2H3. The largest absolute Gasteiger partial charge is 0.495 e. The van der Waals surface area contributed by atoms with Crippen molar-refractivity contribution in [3.63, 3.8) is 0 Å². The smallest absolute Gasteiger partial charge is 0.312 e. The molecule has 0 saturated carbocycles. The first kappa shape index (κ1) is 11.0. The summed E-state index contributed by atoms with van der Waals surface area (Å²) in [5.41, 5.74) is -0.0577. The van der Waals surface area contributed by atoms with Gasteiger partial charge in [-0.1, -0.05) is 0 Å². The van der Waals surface area contributed by atoms with Crippen molar-refractivity contribution in [2.45, 2.75) is 0 Å². The average molecular weight is 309 g/mol. The van der Waals surface area contributed by atoms with Crippen LogP contribution in [0.5, 0.6) is 11.5 Å². The summed E-state index contributed by atoms with van der Waals surface area (Å²) in [4.78, 5) is 10.1. The molecule has 0 unspecified atom stereocenters. The number of nitro benzene ring substituents is 1. The zero-order valence-corrected chi connectivity index (χ0v) is 9.77. The molecule has 0 atom stereocenters. The molecule has 76 valence electrons. The zero-order valence-electron chi connectivity index (χ0n) is 7.61. The van der Waals surface area contributed by atoms with E-state index in [1.54, 1.807) is 0 Å². The molecule has 14 heavy (non-hydrogen) atoms. The molecule has 0 saturated heterocycles. The maximum absolute atomic E-state index is 10.6. The molecule has 0 N–H and O–H groups in total. The molecule has 1 aromatic carbocycles. The van der Waals surface area contributed by atoms with Gasteiger partial charge in [0.2, 0.25) is 5.75 Å². The lowest BCUT2D eigenvalue weighted by Crippen LogP contribution is -1.96. The molecule has 0 aliphatic rings. The number of hydrogen-bond acceptors (Lipinski definition) is 4. The highest BCUT2D eigenvalue weighted by molar-refractivity contribution is 14.1. The number of benzene rings is 1. The van der Waals surface area contributed by atoms with Crippen LogP contribution in [0.1, 0.15) is 0 Å². The summed E-state index contributed by atoms with van der Waals surface area (Å²) in [5, 5.41) is 10.6. The lowest BCUT2D eigenvalue weighted by atomic mass is 10.3. The third-order valence-electron chi connectivity index (χ3n) is 1.65. The molecule has 0 fully saturated rings. The molecule has 1 aromatic rings. The van der Waals surface area contributed by atoms with Gasteiger partial charge in [-0.15, -0.1) is 0 Å². The fraction of sp³-hybridized carbons (Fsp3) is 0.250. The Balaban J connectivity index is 3.31. The van der Waals surface area contributed by atoms with Gasteiger partial charge in [0.25, 0.3) is 0 Å². The predicted octanol–water partition coefficient (Wildman–Crippen LogP) is 2.22. The van der Waals surface area contributed by atoms with Gasteiger partial charge in [0.1, 0.15) is 5.75 Å². The van der Waals surface area contributed by atoms with E-state index in [-0.39, 0.29) is 11.4 Å². The molecule has 0 heterocycles. The number of nitrogens with zero attached hydrogens (tertiary/aromatic N) is 1. The molecule has 1 rings (SSSR count). The van der Waals surface area contributed by atoms with Crippen molar-refractivity contribution < 1.29 is 14.4 Å². The van der Waals surface area contributed by atoms with Gasteiger partial charge in [0, 0.05) is 12.1 Å². The summed E-state index contributed by atoms with van der Waals surface area (Å²) in [6.07, 6.45) is 0. The van der Waals surface area contributed by atoms with Crippen LogP contribution in [-0.2, 0) is 0 Å². The molecular weight excluding hydrogens is 301 g/mol. The SMILES string of the molecule is COc1cc(OC)c([N+](=O)[O-])cc1I. The Hall–Kier alpha value is -1.05. The Bertz CT molecular complexity index is 367. The molecule has 0 aliphatic heterocycles. The van der Waals surface area contributed by atoms with Gasteiger partial charge in [-0.3, -0.25) is 10.1 Å². The van der Waals surface area contributed by atoms with E-state index in [0.717, 1.165) is 0 Å². The fourth-order valence-corrected chi connectivity index (χ4v) is 1.66. The van der Waals surface area contributed by atoms with Gasteiger partial charge in [-0.25, -0.2) is 0 Å². The van der Waals surface area contributed by atoms with Crippen molar-refractivity contribution in [2.75, 3.05) is 14.2 Å². The van der Waals surface area contributed by atoms with Crippen molar-refractivity contribution in [3.8, 4) is 11.5 Å². The van der Waals surface area contributed by atoms with Gasteiger partial charge < -0.3 is 9.47 Å². The van der Waals surface area contributed by atoms with Crippen LogP contribution in [0, 0.1) is 13.7 Å². The number of halogens is 1. The summed E-state index contributed by atoms with van der Waals surface area (Å²) < 4.78 is 10.6. The Morgan fingerprint density at radius 1 is 1.29 bits per heavy atom. The normalized spacial score (nSPS) is 9.64. The fourth-order valence-electron chi connectivity index (χ4n) is 0.987. The molecule has 0 bridgehead atoms. The van der Waals surface area contributed by atoms with E-state index in [2.05, 4.69) is 0 Å². The van der Waals surface area contributed by atoms with E-state index in [4.69, 9.17) is 9.47 Å². The molecule has 5 nitrogen and oxygen atoms in total. The minimum atomic E-state index is -0.486. The second-order valence-electron chi connectivity index (χ2n) is 2.42. The predicted molar refractivity (Wildman–Crippen MR) is 58.9 cm³/mol. The number of rotatable bonds is 3. The number of hydrogen-bond donors (Lipinski definition) is 0. The second kappa shape index (κ2) is 4.45. The number of methoxy groups -OCH3 is 2. The van der Waals surface area contributed by atoms with Crippen LogP contribution in [0.3, 0.4) is 0 Å². The van der Waals surface area contributed by atoms with E-state index in [9.17, 15) is 10.1 Å². The lowest BCUT2D eigenvalue weighted by molar-refractivity contribution is -0.385. The zero-order chi connectivity index (χ0) is 10.7. The quantitative estimate of drug-likeness (QED) is 0.488. The van der Waals surface area contributed by atoms with Gasteiger partial charge in [0.05, 0.1) is 22.7 Å². The topological polar surface area (TPSA) is 61.6 Å². The molecule has 0 aromatic heterocycles. The molecule has 0 amide bonds. The van der Waals surface area contributed by atoms with Gasteiger partial charge >= 0.3 is 5.69 Å². The van der Waals surface area contributed by atoms with E-state index in [1.807, 2.05) is 22.6 Å². The highest BCUT2D eigenvalue weighted by Gasteiger charge is 2.18. The third-order valence-corrected chi connectivity index (χ3v) is 2.49. The molecule has 6 heteroatoms. The van der Waals surface area contributed by atoms with E-state index >= 15 is 0 Å². The maximum atomic E-state index is 10.6. The van der Waals surface area contributed by atoms with Gasteiger partial charge in [-0.2, -0.15) is 0 Å². The minimum Gasteiger partial charge on any atom is -0.495 e. The van der Waals surface area contributed by atoms with Crippen LogP contribution in [-0.4, -0.2) is 19.1 Å². The summed E-state index contributed by atoms with van der Waals surface area (Å²) >= 11 is 1.97. The molecular formula is C8H8INO4. The average Bonchev–Trinajstić information content (AvgIpc) is 2.17. The van der Waals surface area contributed by atoms with Crippen LogP contribution in [0.15, 0.2) is 12.1 Å². The van der Waals surface area contributed by atoms with Crippen molar-refractivity contribution >= 4 is 28.3 Å². The van der Waals surface area contributed by atoms with Gasteiger partial charge in [0.15, 0.2) is 0 Å². The summed E-state index contributed by atoms with van der Waals surface area (Å²) in [6, 6.07) is 2.91. The Kier molecular flexibility index (Phi) is 3.50. The van der Waals surface area contributed by atoms with Crippen LogP contribution in [0.4, 0.5) is 5.69 Å². The van der Waals surface area contributed by atoms with E-state index in [1.165, 1.54) is 26.4 Å². The summed E-state index contributed by atoms with van der Waals surface area (Å²) in [5.74, 6) is 0.764. The van der Waals surface area contributed by atoms with E-state index < -0.39 is 4.92 Å². The highest BCUT2D eigenvalue weighted by atomic mass is 127. The Labute approximate surface area is 94.3 Å². The van der Waals surface area contributed by atoms with Gasteiger partial charge in [-0.05, 0) is 22.6 Å². The maximum Gasteiger partial charge on any atom is 0.312 e. The third kappa shape index (κ3) is 2.06.